The van der Waals surface area contributed by atoms with Gasteiger partial charge in [0, 0.05) is 43.8 Å². The molecule has 1 aliphatic carbocycles. The summed E-state index contributed by atoms with van der Waals surface area (Å²) < 4.78 is 26.7. The minimum absolute atomic E-state index is 0.0547. The zero-order valence-electron chi connectivity index (χ0n) is 17.6. The van der Waals surface area contributed by atoms with Crippen molar-refractivity contribution in [1.82, 2.24) is 10.3 Å². The van der Waals surface area contributed by atoms with Gasteiger partial charge in [0.2, 0.25) is 5.92 Å². The summed E-state index contributed by atoms with van der Waals surface area (Å²) >= 11 is 6.35. The van der Waals surface area contributed by atoms with E-state index in [0.717, 1.165) is 25.3 Å². The van der Waals surface area contributed by atoms with Gasteiger partial charge in [-0.1, -0.05) is 11.6 Å². The van der Waals surface area contributed by atoms with Crippen LogP contribution in [0.1, 0.15) is 49.4 Å². The summed E-state index contributed by atoms with van der Waals surface area (Å²) in [6.45, 7) is 3.75. The summed E-state index contributed by atoms with van der Waals surface area (Å²) in [4.78, 5) is 19.8. The number of hydrogen-bond acceptors (Lipinski definition) is 4. The second-order valence-corrected chi connectivity index (χ2v) is 9.31. The molecule has 2 aromatic rings. The maximum atomic E-state index is 13.3. The zero-order valence-corrected chi connectivity index (χ0v) is 18.3. The van der Waals surface area contributed by atoms with Crippen molar-refractivity contribution in [3.8, 4) is 0 Å². The Hall–Kier alpha value is -1.99. The first kappa shape index (κ1) is 22.2. The summed E-state index contributed by atoms with van der Waals surface area (Å²) in [5, 5.41) is 13.7. The van der Waals surface area contributed by atoms with Gasteiger partial charge in [-0.15, -0.1) is 0 Å². The van der Waals surface area contributed by atoms with Crippen molar-refractivity contribution >= 4 is 34.2 Å². The molecule has 0 spiro atoms. The predicted molar refractivity (Wildman–Crippen MR) is 118 cm³/mol. The fourth-order valence-corrected chi connectivity index (χ4v) is 4.84. The summed E-state index contributed by atoms with van der Waals surface area (Å²) in [6, 6.07) is 7.20. The zero-order chi connectivity index (χ0) is 22.2. The summed E-state index contributed by atoms with van der Waals surface area (Å²) in [7, 11) is 0. The molecule has 1 aliphatic heterocycles. The Morgan fingerprint density at radius 2 is 2.03 bits per heavy atom. The van der Waals surface area contributed by atoms with Gasteiger partial charge in [0.25, 0.3) is 5.91 Å². The van der Waals surface area contributed by atoms with Crippen LogP contribution in [0.3, 0.4) is 0 Å². The molecule has 1 aromatic carbocycles. The molecule has 2 aliphatic rings. The van der Waals surface area contributed by atoms with Gasteiger partial charge < -0.3 is 15.3 Å². The van der Waals surface area contributed by atoms with Crippen LogP contribution < -0.4 is 10.2 Å². The first-order valence-electron chi connectivity index (χ1n) is 10.9. The van der Waals surface area contributed by atoms with Crippen molar-refractivity contribution in [2.75, 3.05) is 24.5 Å². The van der Waals surface area contributed by atoms with Gasteiger partial charge in [-0.2, -0.15) is 0 Å². The highest BCUT2D eigenvalue weighted by Gasteiger charge is 2.35. The number of halogens is 3. The number of nitrogens with one attached hydrogen (secondary N) is 1. The number of rotatable bonds is 5. The molecule has 2 N–H and O–H groups in total. The molecule has 2 atom stereocenters. The van der Waals surface area contributed by atoms with E-state index in [4.69, 9.17) is 16.6 Å². The van der Waals surface area contributed by atoms with Crippen LogP contribution in [0.2, 0.25) is 5.02 Å². The van der Waals surface area contributed by atoms with Crippen molar-refractivity contribution < 1.29 is 18.7 Å². The fraction of sp³-hybridized carbons (Fsp3) is 0.565. The fourth-order valence-electron chi connectivity index (χ4n) is 4.59. The number of carbonyl (C=O) groups is 1. The molecule has 1 saturated carbocycles. The van der Waals surface area contributed by atoms with Gasteiger partial charge in [-0.05, 0) is 56.4 Å². The SMILES string of the molecule is CC(O)C1CCN(c2ccc3c(C(=O)NCC4CCC(F)(F)CC4)c(Cl)ccc3n2)C1. The van der Waals surface area contributed by atoms with Crippen molar-refractivity contribution in [2.45, 2.75) is 51.1 Å². The third kappa shape index (κ3) is 4.93. The molecule has 2 unspecified atom stereocenters. The summed E-state index contributed by atoms with van der Waals surface area (Å²) in [6.07, 6.45) is 1.13. The van der Waals surface area contributed by atoms with Crippen LogP contribution in [0, 0.1) is 11.8 Å². The molecule has 2 fully saturated rings. The van der Waals surface area contributed by atoms with Gasteiger partial charge in [-0.25, -0.2) is 13.8 Å². The smallest absolute Gasteiger partial charge is 0.253 e. The second kappa shape index (κ2) is 8.87. The van der Waals surface area contributed by atoms with Crippen molar-refractivity contribution in [3.05, 3.63) is 34.9 Å². The Labute approximate surface area is 185 Å². The highest BCUT2D eigenvalue weighted by molar-refractivity contribution is 6.35. The average molecular weight is 452 g/mol. The van der Waals surface area contributed by atoms with Gasteiger partial charge >= 0.3 is 0 Å². The number of aliphatic hydroxyl groups excluding tert-OH is 1. The lowest BCUT2D eigenvalue weighted by Crippen LogP contribution is -2.34. The Morgan fingerprint density at radius 3 is 2.71 bits per heavy atom. The molecule has 1 saturated heterocycles. The number of nitrogens with zero attached hydrogens (tertiary/aromatic N) is 2. The molecule has 31 heavy (non-hydrogen) atoms. The van der Waals surface area contributed by atoms with Crippen LogP contribution in [0.4, 0.5) is 14.6 Å². The minimum atomic E-state index is -2.58. The van der Waals surface area contributed by atoms with E-state index in [1.54, 1.807) is 12.1 Å². The molecule has 1 aromatic heterocycles. The van der Waals surface area contributed by atoms with E-state index in [1.807, 2.05) is 19.1 Å². The first-order chi connectivity index (χ1) is 14.7. The number of alkyl halides is 2. The Kier molecular flexibility index (Phi) is 6.35. The van der Waals surface area contributed by atoms with Crippen LogP contribution in [-0.2, 0) is 0 Å². The largest absolute Gasteiger partial charge is 0.393 e. The molecule has 1 amide bonds. The van der Waals surface area contributed by atoms with Crippen molar-refractivity contribution in [2.24, 2.45) is 11.8 Å². The van der Waals surface area contributed by atoms with Gasteiger partial charge in [-0.3, -0.25) is 4.79 Å². The summed E-state index contributed by atoms with van der Waals surface area (Å²) in [5.41, 5.74) is 1.03. The van der Waals surface area contributed by atoms with E-state index >= 15 is 0 Å². The molecule has 4 rings (SSSR count). The van der Waals surface area contributed by atoms with Crippen LogP contribution >= 0.6 is 11.6 Å². The molecular formula is C23H28ClF2N3O2. The Bertz CT molecular complexity index is 959. The van der Waals surface area contributed by atoms with E-state index in [1.165, 1.54) is 0 Å². The quantitative estimate of drug-likeness (QED) is 0.694. The number of aliphatic hydroxyl groups is 1. The lowest BCUT2D eigenvalue weighted by molar-refractivity contribution is -0.0452. The molecule has 2 heterocycles. The normalized spacial score (nSPS) is 22.6. The van der Waals surface area contributed by atoms with E-state index in [9.17, 15) is 18.7 Å². The first-order valence-corrected chi connectivity index (χ1v) is 11.3. The number of aromatic nitrogens is 1. The van der Waals surface area contributed by atoms with E-state index in [-0.39, 0.29) is 36.7 Å². The number of hydrogen-bond donors (Lipinski definition) is 2. The highest BCUT2D eigenvalue weighted by Crippen LogP contribution is 2.36. The van der Waals surface area contributed by atoms with Crippen LogP contribution in [-0.4, -0.2) is 47.7 Å². The monoisotopic (exact) mass is 451 g/mol. The number of pyridine rings is 1. The number of fused-ring (bicyclic) bond motifs is 1. The number of carbonyl (C=O) groups excluding carboxylic acids is 1. The summed E-state index contributed by atoms with van der Waals surface area (Å²) in [5.74, 6) is -1.79. The second-order valence-electron chi connectivity index (χ2n) is 8.90. The molecule has 168 valence electrons. The molecule has 0 radical (unpaired) electrons. The van der Waals surface area contributed by atoms with E-state index < -0.39 is 5.92 Å². The average Bonchev–Trinajstić information content (AvgIpc) is 3.23. The van der Waals surface area contributed by atoms with Crippen LogP contribution in [0.25, 0.3) is 10.9 Å². The van der Waals surface area contributed by atoms with Gasteiger partial charge in [0.05, 0.1) is 22.2 Å². The minimum Gasteiger partial charge on any atom is -0.393 e. The van der Waals surface area contributed by atoms with Crippen LogP contribution in [0.15, 0.2) is 24.3 Å². The van der Waals surface area contributed by atoms with Crippen molar-refractivity contribution in [3.63, 3.8) is 0 Å². The van der Waals surface area contributed by atoms with Crippen LogP contribution in [0.5, 0.6) is 0 Å². The highest BCUT2D eigenvalue weighted by atomic mass is 35.5. The predicted octanol–water partition coefficient (Wildman–Crippen LogP) is 4.65. The third-order valence-electron chi connectivity index (χ3n) is 6.65. The maximum Gasteiger partial charge on any atom is 0.253 e. The van der Waals surface area contributed by atoms with Crippen molar-refractivity contribution in [1.29, 1.82) is 0 Å². The topological polar surface area (TPSA) is 65.5 Å². The van der Waals surface area contributed by atoms with Gasteiger partial charge in [0.15, 0.2) is 0 Å². The van der Waals surface area contributed by atoms with E-state index in [0.29, 0.717) is 40.9 Å². The molecular weight excluding hydrogens is 424 g/mol. The number of anilines is 1. The molecule has 5 nitrogen and oxygen atoms in total. The molecule has 0 bridgehead atoms. The van der Waals surface area contributed by atoms with E-state index in [2.05, 4.69) is 10.2 Å². The maximum absolute atomic E-state index is 13.3. The Morgan fingerprint density at radius 1 is 1.29 bits per heavy atom. The standard InChI is InChI=1S/C23H28ClF2N3O2/c1-14(30)16-8-11-29(13-16)20-5-2-17-19(28-20)4-3-18(24)21(17)22(31)27-12-15-6-9-23(25,26)10-7-15/h2-5,14-16,30H,6-13H2,1H3,(H,27,31). The molecule has 8 heteroatoms. The lowest BCUT2D eigenvalue weighted by atomic mass is 9.87. The third-order valence-corrected chi connectivity index (χ3v) is 6.97. The lowest BCUT2D eigenvalue weighted by Gasteiger charge is -2.28. The number of benzene rings is 1. The number of amides is 1. The Balaban J connectivity index is 1.48. The van der Waals surface area contributed by atoms with Gasteiger partial charge in [0.1, 0.15) is 5.82 Å².